The molecule has 0 atom stereocenters. The van der Waals surface area contributed by atoms with Crippen LogP contribution in [-0.2, 0) is 4.74 Å². The molecule has 0 saturated carbocycles. The van der Waals surface area contributed by atoms with Crippen molar-refractivity contribution in [1.82, 2.24) is 0 Å². The molecule has 2 rings (SSSR count). The molecule has 3 heteroatoms. The van der Waals surface area contributed by atoms with Crippen LogP contribution < -0.4 is 0 Å². The first kappa shape index (κ1) is 11.3. The highest BCUT2D eigenvalue weighted by Crippen LogP contribution is 2.25. The van der Waals surface area contributed by atoms with Crippen LogP contribution in [0.25, 0.3) is 10.1 Å². The molecule has 0 spiro atoms. The van der Waals surface area contributed by atoms with Crippen molar-refractivity contribution in [2.24, 2.45) is 0 Å². The molecule has 0 aliphatic heterocycles. The summed E-state index contributed by atoms with van der Waals surface area (Å²) in [4.78, 5) is 11.9. The smallest absolute Gasteiger partial charge is 0.189 e. The maximum atomic E-state index is 11.9. The molecular formula is C13H14O2S. The average molecular weight is 234 g/mol. The Kier molecular flexibility index (Phi) is 3.36. The number of carbonyl (C=O) groups is 1. The summed E-state index contributed by atoms with van der Waals surface area (Å²) >= 11 is 1.60. The molecule has 0 aliphatic rings. The summed E-state index contributed by atoms with van der Waals surface area (Å²) in [6, 6.07) is 7.83. The summed E-state index contributed by atoms with van der Waals surface area (Å²) < 4.78 is 6.39. The Morgan fingerprint density at radius 3 is 2.94 bits per heavy atom. The summed E-state index contributed by atoms with van der Waals surface area (Å²) in [7, 11) is 0. The van der Waals surface area contributed by atoms with Crippen molar-refractivity contribution in [2.45, 2.75) is 20.0 Å². The van der Waals surface area contributed by atoms with Crippen molar-refractivity contribution in [1.29, 1.82) is 0 Å². The number of ether oxygens (including phenoxy) is 1. The van der Waals surface area contributed by atoms with Crippen LogP contribution in [0, 0.1) is 0 Å². The zero-order valence-electron chi connectivity index (χ0n) is 9.40. The Bertz CT molecular complexity index is 499. The van der Waals surface area contributed by atoms with E-state index in [1.54, 1.807) is 11.3 Å². The minimum atomic E-state index is 0.0572. The Balaban J connectivity index is 2.25. The second kappa shape index (κ2) is 4.76. The molecule has 0 N–H and O–H groups in total. The lowest BCUT2D eigenvalue weighted by Gasteiger charge is -2.07. The molecule has 1 heterocycles. The molecule has 1 aromatic heterocycles. The van der Waals surface area contributed by atoms with Crippen molar-refractivity contribution >= 4 is 27.2 Å². The molecule has 84 valence electrons. The second-order valence-corrected chi connectivity index (χ2v) is 4.84. The van der Waals surface area contributed by atoms with E-state index in [9.17, 15) is 4.79 Å². The summed E-state index contributed by atoms with van der Waals surface area (Å²) in [6.07, 6.45) is 0.0893. The van der Waals surface area contributed by atoms with Crippen LogP contribution in [0.3, 0.4) is 0 Å². The zero-order chi connectivity index (χ0) is 11.5. The quantitative estimate of drug-likeness (QED) is 0.757. The van der Waals surface area contributed by atoms with Gasteiger partial charge in [0.2, 0.25) is 0 Å². The minimum Gasteiger partial charge on any atom is -0.371 e. The molecule has 0 aliphatic carbocycles. The van der Waals surface area contributed by atoms with Crippen LogP contribution in [-0.4, -0.2) is 18.5 Å². The number of rotatable bonds is 4. The van der Waals surface area contributed by atoms with Gasteiger partial charge < -0.3 is 4.74 Å². The lowest BCUT2D eigenvalue weighted by atomic mass is 10.1. The van der Waals surface area contributed by atoms with Gasteiger partial charge in [0.1, 0.15) is 6.61 Å². The highest BCUT2D eigenvalue weighted by Gasteiger charge is 2.11. The normalized spacial score (nSPS) is 11.2. The number of benzene rings is 1. The van der Waals surface area contributed by atoms with Gasteiger partial charge in [0.05, 0.1) is 6.10 Å². The van der Waals surface area contributed by atoms with E-state index in [0.29, 0.717) is 0 Å². The monoisotopic (exact) mass is 234 g/mol. The molecule has 0 saturated heterocycles. The van der Waals surface area contributed by atoms with Gasteiger partial charge in [0, 0.05) is 10.3 Å². The standard InChI is InChI=1S/C13H14O2S/c1-9(2)15-8-12(14)11-5-3-4-10-6-7-16-13(10)11/h3-7,9H,8H2,1-2H3. The van der Waals surface area contributed by atoms with E-state index in [1.807, 2.05) is 43.5 Å². The zero-order valence-corrected chi connectivity index (χ0v) is 10.2. The van der Waals surface area contributed by atoms with Gasteiger partial charge in [-0.3, -0.25) is 4.79 Å². The summed E-state index contributed by atoms with van der Waals surface area (Å²) in [5.41, 5.74) is 0.771. The van der Waals surface area contributed by atoms with Gasteiger partial charge in [0.25, 0.3) is 0 Å². The number of hydrogen-bond acceptors (Lipinski definition) is 3. The maximum absolute atomic E-state index is 11.9. The molecule has 1 aromatic carbocycles. The fraction of sp³-hybridized carbons (Fsp3) is 0.308. The topological polar surface area (TPSA) is 26.3 Å². The van der Waals surface area contributed by atoms with Crippen molar-refractivity contribution in [3.05, 3.63) is 35.2 Å². The second-order valence-electron chi connectivity index (χ2n) is 3.93. The summed E-state index contributed by atoms with van der Waals surface area (Å²) in [6.45, 7) is 4.02. The fourth-order valence-electron chi connectivity index (χ4n) is 1.53. The van der Waals surface area contributed by atoms with E-state index in [2.05, 4.69) is 0 Å². The van der Waals surface area contributed by atoms with E-state index in [4.69, 9.17) is 4.74 Å². The average Bonchev–Trinajstić information content (AvgIpc) is 2.73. The van der Waals surface area contributed by atoms with Crippen LogP contribution in [0.4, 0.5) is 0 Å². The Morgan fingerprint density at radius 2 is 2.19 bits per heavy atom. The van der Waals surface area contributed by atoms with Gasteiger partial charge in [0.15, 0.2) is 5.78 Å². The van der Waals surface area contributed by atoms with Crippen LogP contribution in [0.1, 0.15) is 24.2 Å². The number of carbonyl (C=O) groups excluding carboxylic acids is 1. The first-order chi connectivity index (χ1) is 7.68. The number of Topliss-reactive ketones (excluding diaryl/α,β-unsaturated/α-hetero) is 1. The number of thiophene rings is 1. The largest absolute Gasteiger partial charge is 0.371 e. The van der Waals surface area contributed by atoms with E-state index >= 15 is 0 Å². The number of ketones is 1. The maximum Gasteiger partial charge on any atom is 0.189 e. The molecule has 2 aromatic rings. The minimum absolute atomic E-state index is 0.0572. The summed E-state index contributed by atoms with van der Waals surface area (Å²) in [5.74, 6) is 0.0572. The van der Waals surface area contributed by atoms with Crippen LogP contribution in [0.2, 0.25) is 0 Å². The number of hydrogen-bond donors (Lipinski definition) is 0. The van der Waals surface area contributed by atoms with Crippen LogP contribution >= 0.6 is 11.3 Å². The first-order valence-electron chi connectivity index (χ1n) is 5.29. The van der Waals surface area contributed by atoms with Gasteiger partial charge in [-0.05, 0) is 36.7 Å². The molecule has 0 radical (unpaired) electrons. The van der Waals surface area contributed by atoms with Gasteiger partial charge in [-0.25, -0.2) is 0 Å². The predicted molar refractivity (Wildman–Crippen MR) is 67.2 cm³/mol. The van der Waals surface area contributed by atoms with Crippen molar-refractivity contribution in [2.75, 3.05) is 6.61 Å². The van der Waals surface area contributed by atoms with Crippen molar-refractivity contribution in [3.63, 3.8) is 0 Å². The molecule has 0 amide bonds. The van der Waals surface area contributed by atoms with Gasteiger partial charge >= 0.3 is 0 Å². The molecule has 0 unspecified atom stereocenters. The third-order valence-corrected chi connectivity index (χ3v) is 3.29. The van der Waals surface area contributed by atoms with Gasteiger partial charge in [-0.2, -0.15) is 0 Å². The van der Waals surface area contributed by atoms with E-state index in [1.165, 1.54) is 0 Å². The molecule has 0 bridgehead atoms. The lowest BCUT2D eigenvalue weighted by Crippen LogP contribution is -2.13. The van der Waals surface area contributed by atoms with E-state index in [0.717, 1.165) is 15.6 Å². The van der Waals surface area contributed by atoms with Gasteiger partial charge in [-0.1, -0.05) is 12.1 Å². The third-order valence-electron chi connectivity index (χ3n) is 2.33. The van der Waals surface area contributed by atoms with Gasteiger partial charge in [-0.15, -0.1) is 11.3 Å². The molecule has 16 heavy (non-hydrogen) atoms. The Hall–Kier alpha value is -1.19. The van der Waals surface area contributed by atoms with Crippen LogP contribution in [0.5, 0.6) is 0 Å². The molecule has 2 nitrogen and oxygen atoms in total. The lowest BCUT2D eigenvalue weighted by molar-refractivity contribution is 0.0586. The molecular weight excluding hydrogens is 220 g/mol. The SMILES string of the molecule is CC(C)OCC(=O)c1cccc2ccsc12. The van der Waals surface area contributed by atoms with E-state index in [-0.39, 0.29) is 18.5 Å². The van der Waals surface area contributed by atoms with E-state index < -0.39 is 0 Å². The predicted octanol–water partition coefficient (Wildman–Crippen LogP) is 3.51. The first-order valence-corrected chi connectivity index (χ1v) is 6.17. The number of fused-ring (bicyclic) bond motifs is 1. The highest BCUT2D eigenvalue weighted by molar-refractivity contribution is 7.17. The highest BCUT2D eigenvalue weighted by atomic mass is 32.1. The third kappa shape index (κ3) is 2.31. The van der Waals surface area contributed by atoms with Crippen molar-refractivity contribution in [3.8, 4) is 0 Å². The fourth-order valence-corrected chi connectivity index (χ4v) is 2.46. The molecule has 0 fully saturated rings. The Morgan fingerprint density at radius 1 is 1.38 bits per heavy atom. The van der Waals surface area contributed by atoms with Crippen LogP contribution in [0.15, 0.2) is 29.6 Å². The van der Waals surface area contributed by atoms with Crippen molar-refractivity contribution < 1.29 is 9.53 Å². The summed E-state index contributed by atoms with van der Waals surface area (Å²) in [5, 5.41) is 3.13. The Labute approximate surface area is 98.9 Å².